The summed E-state index contributed by atoms with van der Waals surface area (Å²) in [6, 6.07) is 5.81. The van der Waals surface area contributed by atoms with Gasteiger partial charge in [0, 0.05) is 46.3 Å². The van der Waals surface area contributed by atoms with Crippen molar-refractivity contribution in [1.29, 1.82) is 0 Å². The number of aliphatic imine (C=N–C) groups is 1. The first-order valence-corrected chi connectivity index (χ1v) is 10.3. The van der Waals surface area contributed by atoms with E-state index in [0.717, 1.165) is 38.7 Å². The maximum Gasteiger partial charge on any atom is 0.325 e. The van der Waals surface area contributed by atoms with Crippen molar-refractivity contribution < 1.29 is 9.59 Å². The van der Waals surface area contributed by atoms with Gasteiger partial charge in [-0.2, -0.15) is 0 Å². The quantitative estimate of drug-likeness (QED) is 0.822. The number of nitrogens with one attached hydrogen (secondary N) is 1. The van der Waals surface area contributed by atoms with Gasteiger partial charge in [0.05, 0.1) is 0 Å². The van der Waals surface area contributed by atoms with Crippen LogP contribution in [0, 0.1) is 13.8 Å². The number of fused-ring (bicyclic) bond motifs is 1. The number of carbonyl (C=O) groups excluding carboxylic acids is 2. The average molecular weight is 399 g/mol. The first-order chi connectivity index (χ1) is 13.9. The monoisotopic (exact) mass is 398 g/mol. The molecule has 2 unspecified atom stereocenters. The highest BCUT2D eigenvalue weighted by molar-refractivity contribution is 6.03. The Morgan fingerprint density at radius 1 is 1.14 bits per heavy atom. The molecule has 0 spiro atoms. The van der Waals surface area contributed by atoms with Crippen molar-refractivity contribution in [2.75, 3.05) is 39.8 Å². The number of benzene rings is 1. The Bertz CT molecular complexity index is 846. The second-order valence-electron chi connectivity index (χ2n) is 8.17. The number of hydrogen-bond donors (Lipinski definition) is 1. The molecule has 3 aliphatic heterocycles. The standard InChI is InChI=1S/C21H30N6O2/c1-5-27-17-18(24(4)21(29)23-19(17)28)22-20(27)26-10-8-25(9-11-26)13-16-12-14(2)6-7-15(16)3/h6-7,12,17-18H,5,8-11,13H2,1-4H3,(H,23,28,29). The number of nitrogens with zero attached hydrogens (tertiary/aromatic N) is 5. The van der Waals surface area contributed by atoms with E-state index >= 15 is 0 Å². The van der Waals surface area contributed by atoms with Gasteiger partial charge in [0.25, 0.3) is 5.91 Å². The van der Waals surface area contributed by atoms with Crippen molar-refractivity contribution >= 4 is 17.9 Å². The molecule has 8 nitrogen and oxygen atoms in total. The van der Waals surface area contributed by atoms with E-state index in [1.54, 1.807) is 7.05 Å². The van der Waals surface area contributed by atoms with Crippen LogP contribution in [0.4, 0.5) is 4.79 Å². The smallest absolute Gasteiger partial charge is 0.325 e. The molecule has 2 fully saturated rings. The molecular weight excluding hydrogens is 368 g/mol. The van der Waals surface area contributed by atoms with Gasteiger partial charge in [-0.15, -0.1) is 0 Å². The van der Waals surface area contributed by atoms with Gasteiger partial charge in [0.2, 0.25) is 0 Å². The van der Waals surface area contributed by atoms with E-state index in [4.69, 9.17) is 4.99 Å². The lowest BCUT2D eigenvalue weighted by molar-refractivity contribution is -0.127. The number of aryl methyl sites for hydroxylation is 2. The minimum absolute atomic E-state index is 0.257. The zero-order valence-electron chi connectivity index (χ0n) is 17.7. The first kappa shape index (κ1) is 19.7. The second kappa shape index (κ2) is 7.67. The summed E-state index contributed by atoms with van der Waals surface area (Å²) in [5.41, 5.74) is 4.01. The lowest BCUT2D eigenvalue weighted by Gasteiger charge is -2.40. The molecule has 29 heavy (non-hydrogen) atoms. The van der Waals surface area contributed by atoms with Crippen LogP contribution in [0.1, 0.15) is 23.6 Å². The SMILES string of the molecule is CCN1C(N2CCN(Cc3cc(C)ccc3C)CC2)=NC2C1C(=O)NC(=O)N2C. The van der Waals surface area contributed by atoms with E-state index in [0.29, 0.717) is 6.54 Å². The molecule has 0 radical (unpaired) electrons. The largest absolute Gasteiger partial charge is 0.340 e. The highest BCUT2D eigenvalue weighted by Crippen LogP contribution is 2.26. The van der Waals surface area contributed by atoms with Crippen molar-refractivity contribution in [2.24, 2.45) is 4.99 Å². The Morgan fingerprint density at radius 3 is 2.55 bits per heavy atom. The fourth-order valence-corrected chi connectivity index (χ4v) is 4.43. The molecule has 0 aliphatic carbocycles. The van der Waals surface area contributed by atoms with Crippen molar-refractivity contribution in [1.82, 2.24) is 24.9 Å². The van der Waals surface area contributed by atoms with Gasteiger partial charge in [0.15, 0.2) is 18.2 Å². The first-order valence-electron chi connectivity index (χ1n) is 10.3. The minimum atomic E-state index is -0.445. The lowest BCUT2D eigenvalue weighted by Crippen LogP contribution is -2.64. The molecule has 0 bridgehead atoms. The van der Waals surface area contributed by atoms with E-state index in [1.807, 2.05) is 11.8 Å². The van der Waals surface area contributed by atoms with Crippen LogP contribution in [0.15, 0.2) is 23.2 Å². The van der Waals surface area contributed by atoms with Crippen LogP contribution >= 0.6 is 0 Å². The fourth-order valence-electron chi connectivity index (χ4n) is 4.43. The van der Waals surface area contributed by atoms with E-state index in [9.17, 15) is 9.59 Å². The van der Waals surface area contributed by atoms with Crippen LogP contribution in [0.5, 0.6) is 0 Å². The molecule has 0 aromatic heterocycles. The number of carbonyl (C=O) groups is 2. The Balaban J connectivity index is 1.44. The molecule has 0 saturated carbocycles. The van der Waals surface area contributed by atoms with Crippen LogP contribution in [0.25, 0.3) is 0 Å². The summed E-state index contributed by atoms with van der Waals surface area (Å²) in [6.45, 7) is 11.6. The molecular formula is C21H30N6O2. The van der Waals surface area contributed by atoms with E-state index in [1.165, 1.54) is 21.6 Å². The summed E-state index contributed by atoms with van der Waals surface area (Å²) in [5, 5.41) is 2.44. The summed E-state index contributed by atoms with van der Waals surface area (Å²) in [7, 11) is 1.70. The van der Waals surface area contributed by atoms with Crippen LogP contribution in [0.2, 0.25) is 0 Å². The Hall–Kier alpha value is -2.61. The molecule has 2 saturated heterocycles. The van der Waals surface area contributed by atoms with Gasteiger partial charge in [-0.3, -0.25) is 15.0 Å². The molecule has 8 heteroatoms. The minimum Gasteiger partial charge on any atom is -0.340 e. The summed E-state index contributed by atoms with van der Waals surface area (Å²) in [5.74, 6) is 0.581. The van der Waals surface area contributed by atoms with Gasteiger partial charge in [0.1, 0.15) is 0 Å². The maximum absolute atomic E-state index is 12.4. The Morgan fingerprint density at radius 2 is 1.86 bits per heavy atom. The zero-order valence-corrected chi connectivity index (χ0v) is 17.7. The number of amides is 3. The van der Waals surface area contributed by atoms with Crippen LogP contribution in [-0.4, -0.2) is 89.5 Å². The highest BCUT2D eigenvalue weighted by atomic mass is 16.2. The van der Waals surface area contributed by atoms with E-state index in [-0.39, 0.29) is 11.9 Å². The van der Waals surface area contributed by atoms with Crippen LogP contribution < -0.4 is 5.32 Å². The third kappa shape index (κ3) is 3.57. The van der Waals surface area contributed by atoms with Crippen LogP contribution in [-0.2, 0) is 11.3 Å². The van der Waals surface area contributed by atoms with Crippen molar-refractivity contribution in [3.8, 4) is 0 Å². The molecule has 1 aromatic carbocycles. The molecule has 2 atom stereocenters. The van der Waals surface area contributed by atoms with Gasteiger partial charge in [-0.1, -0.05) is 23.8 Å². The molecule has 3 aliphatic rings. The summed E-state index contributed by atoms with van der Waals surface area (Å²) >= 11 is 0. The van der Waals surface area contributed by atoms with Crippen molar-refractivity contribution in [3.05, 3.63) is 34.9 Å². The fraction of sp³-hybridized carbons (Fsp3) is 0.571. The third-order valence-electron chi connectivity index (χ3n) is 6.23. The van der Waals surface area contributed by atoms with E-state index < -0.39 is 12.2 Å². The normalized spacial score (nSPS) is 25.2. The van der Waals surface area contributed by atoms with Crippen molar-refractivity contribution in [3.63, 3.8) is 0 Å². The second-order valence-corrected chi connectivity index (χ2v) is 8.17. The number of imide groups is 1. The predicted molar refractivity (Wildman–Crippen MR) is 111 cm³/mol. The topological polar surface area (TPSA) is 71.5 Å². The van der Waals surface area contributed by atoms with E-state index in [2.05, 4.69) is 47.2 Å². The number of hydrogen-bond acceptors (Lipinski definition) is 6. The number of rotatable bonds is 3. The van der Waals surface area contributed by atoms with Gasteiger partial charge < -0.3 is 14.7 Å². The van der Waals surface area contributed by atoms with Crippen LogP contribution in [0.3, 0.4) is 0 Å². The maximum atomic E-state index is 12.4. The predicted octanol–water partition coefficient (Wildman–Crippen LogP) is 0.989. The molecule has 156 valence electrons. The van der Waals surface area contributed by atoms with Crippen molar-refractivity contribution in [2.45, 2.75) is 39.5 Å². The number of guanidine groups is 1. The Labute approximate surface area is 172 Å². The average Bonchev–Trinajstić information content (AvgIpc) is 3.10. The molecule has 4 rings (SSSR count). The van der Waals surface area contributed by atoms with Gasteiger partial charge in [-0.25, -0.2) is 9.79 Å². The number of piperazine rings is 1. The third-order valence-corrected chi connectivity index (χ3v) is 6.23. The number of likely N-dealkylation sites (N-methyl/N-ethyl adjacent to an activating group) is 2. The molecule has 1 aromatic rings. The van der Waals surface area contributed by atoms with Gasteiger partial charge in [-0.05, 0) is 31.9 Å². The Kier molecular flexibility index (Phi) is 5.21. The summed E-state index contributed by atoms with van der Waals surface area (Å²) in [4.78, 5) is 37.5. The zero-order chi connectivity index (χ0) is 20.7. The molecule has 3 heterocycles. The highest BCUT2D eigenvalue weighted by Gasteiger charge is 2.49. The summed E-state index contributed by atoms with van der Waals surface area (Å²) < 4.78 is 0. The lowest BCUT2D eigenvalue weighted by atomic mass is 10.0. The molecule has 1 N–H and O–H groups in total. The van der Waals surface area contributed by atoms with Gasteiger partial charge >= 0.3 is 6.03 Å². The number of urea groups is 1. The molecule has 3 amide bonds. The summed E-state index contributed by atoms with van der Waals surface area (Å²) in [6.07, 6.45) is -0.445.